The lowest BCUT2D eigenvalue weighted by molar-refractivity contribution is -0.274. The normalized spacial score (nSPS) is 11.4. The molecular weight excluding hydrogens is 255 g/mol. The minimum absolute atomic E-state index is 0.244. The number of rotatable bonds is 2. The molecule has 0 atom stereocenters. The lowest BCUT2D eigenvalue weighted by atomic mass is 10.1. The number of hydrogen-bond acceptors (Lipinski definition) is 2. The molecule has 1 heterocycles. The number of aryl methyl sites for hydroxylation is 2. The van der Waals surface area contributed by atoms with Crippen molar-refractivity contribution in [1.82, 2.24) is 4.98 Å². The Balaban J connectivity index is 2.38. The van der Waals surface area contributed by atoms with E-state index in [4.69, 9.17) is 0 Å². The summed E-state index contributed by atoms with van der Waals surface area (Å²) < 4.78 is 40.4. The van der Waals surface area contributed by atoms with E-state index in [9.17, 15) is 13.2 Å². The van der Waals surface area contributed by atoms with Crippen LogP contribution >= 0.6 is 0 Å². The van der Waals surface area contributed by atoms with E-state index < -0.39 is 6.36 Å². The Morgan fingerprint density at radius 3 is 2.47 bits per heavy atom. The summed E-state index contributed by atoms with van der Waals surface area (Å²) in [5, 5.41) is 0. The largest absolute Gasteiger partial charge is 0.573 e. The van der Waals surface area contributed by atoms with Crippen LogP contribution < -0.4 is 4.74 Å². The smallest absolute Gasteiger partial charge is 0.406 e. The topological polar surface area (TPSA) is 22.1 Å². The maximum absolute atomic E-state index is 12.2. The third kappa shape index (κ3) is 3.47. The first-order valence-electron chi connectivity index (χ1n) is 5.64. The molecule has 5 heteroatoms. The van der Waals surface area contributed by atoms with E-state index in [1.807, 2.05) is 19.9 Å². The molecule has 0 saturated carbocycles. The molecule has 0 radical (unpaired) electrons. The third-order valence-electron chi connectivity index (χ3n) is 2.56. The highest BCUT2D eigenvalue weighted by Crippen LogP contribution is 2.28. The predicted molar refractivity (Wildman–Crippen MR) is 65.8 cm³/mol. The highest BCUT2D eigenvalue weighted by Gasteiger charge is 2.31. The van der Waals surface area contributed by atoms with Crippen molar-refractivity contribution < 1.29 is 17.9 Å². The number of alkyl halides is 3. The van der Waals surface area contributed by atoms with Gasteiger partial charge in [-0.3, -0.25) is 4.98 Å². The van der Waals surface area contributed by atoms with Crippen LogP contribution in [0.15, 0.2) is 36.5 Å². The molecule has 0 aliphatic rings. The molecule has 1 aromatic heterocycles. The van der Waals surface area contributed by atoms with Gasteiger partial charge in [0, 0.05) is 11.8 Å². The van der Waals surface area contributed by atoms with Crippen molar-refractivity contribution in [2.75, 3.05) is 0 Å². The van der Waals surface area contributed by atoms with Crippen molar-refractivity contribution >= 4 is 0 Å². The van der Waals surface area contributed by atoms with Crippen molar-refractivity contribution in [2.24, 2.45) is 0 Å². The molecule has 0 fully saturated rings. The number of aromatic nitrogens is 1. The van der Waals surface area contributed by atoms with E-state index in [2.05, 4.69) is 9.72 Å². The van der Waals surface area contributed by atoms with E-state index in [0.29, 0.717) is 11.3 Å². The van der Waals surface area contributed by atoms with Crippen LogP contribution in [0.5, 0.6) is 5.75 Å². The summed E-state index contributed by atoms with van der Waals surface area (Å²) in [6, 6.07) is 7.74. The second kappa shape index (κ2) is 4.91. The highest BCUT2D eigenvalue weighted by atomic mass is 19.4. The van der Waals surface area contributed by atoms with Gasteiger partial charge in [0.25, 0.3) is 0 Å². The third-order valence-corrected chi connectivity index (χ3v) is 2.56. The Labute approximate surface area is 108 Å². The Kier molecular flexibility index (Phi) is 3.46. The van der Waals surface area contributed by atoms with Gasteiger partial charge in [-0.25, -0.2) is 0 Å². The summed E-state index contributed by atoms with van der Waals surface area (Å²) >= 11 is 0. The molecular formula is C14H12F3NO. The molecule has 0 bridgehead atoms. The van der Waals surface area contributed by atoms with Crippen LogP contribution in [0.25, 0.3) is 11.3 Å². The summed E-state index contributed by atoms with van der Waals surface area (Å²) in [6.45, 7) is 3.78. The number of hydrogen-bond donors (Lipinski definition) is 0. The second-order valence-corrected chi connectivity index (χ2v) is 4.25. The molecule has 2 nitrogen and oxygen atoms in total. The quantitative estimate of drug-likeness (QED) is 0.810. The van der Waals surface area contributed by atoms with Gasteiger partial charge in [0.05, 0.1) is 5.69 Å². The van der Waals surface area contributed by atoms with Gasteiger partial charge in [-0.1, -0.05) is 18.2 Å². The molecule has 0 amide bonds. The van der Waals surface area contributed by atoms with Crippen LogP contribution in [0.2, 0.25) is 0 Å². The average molecular weight is 267 g/mol. The fraction of sp³-hybridized carbons (Fsp3) is 0.214. The predicted octanol–water partition coefficient (Wildman–Crippen LogP) is 4.26. The molecule has 100 valence electrons. The van der Waals surface area contributed by atoms with E-state index in [1.165, 1.54) is 18.2 Å². The van der Waals surface area contributed by atoms with E-state index >= 15 is 0 Å². The Bertz CT molecular complexity index is 593. The summed E-state index contributed by atoms with van der Waals surface area (Å²) in [7, 11) is 0. The van der Waals surface area contributed by atoms with Crippen LogP contribution in [0.3, 0.4) is 0 Å². The number of halogens is 3. The van der Waals surface area contributed by atoms with E-state index in [1.54, 1.807) is 12.3 Å². The molecule has 0 N–H and O–H groups in total. The Morgan fingerprint density at radius 1 is 1.11 bits per heavy atom. The molecule has 0 aliphatic carbocycles. The van der Waals surface area contributed by atoms with Gasteiger partial charge >= 0.3 is 6.36 Å². The number of ether oxygens (including phenoxy) is 1. The van der Waals surface area contributed by atoms with Crippen molar-refractivity contribution in [2.45, 2.75) is 20.2 Å². The average Bonchev–Trinajstić information content (AvgIpc) is 2.26. The first kappa shape index (κ1) is 13.4. The zero-order valence-corrected chi connectivity index (χ0v) is 10.5. The molecule has 2 aromatic rings. The lowest BCUT2D eigenvalue weighted by Gasteiger charge is -2.11. The van der Waals surface area contributed by atoms with Crippen molar-refractivity contribution in [3.63, 3.8) is 0 Å². The van der Waals surface area contributed by atoms with Crippen LogP contribution in [0, 0.1) is 13.8 Å². The summed E-state index contributed by atoms with van der Waals surface area (Å²) in [6.07, 6.45) is -3.01. The second-order valence-electron chi connectivity index (χ2n) is 4.25. The Morgan fingerprint density at radius 2 is 1.84 bits per heavy atom. The molecule has 19 heavy (non-hydrogen) atoms. The fourth-order valence-corrected chi connectivity index (χ4v) is 1.86. The maximum Gasteiger partial charge on any atom is 0.573 e. The zero-order valence-electron chi connectivity index (χ0n) is 10.5. The van der Waals surface area contributed by atoms with Gasteiger partial charge in [-0.15, -0.1) is 13.2 Å². The van der Waals surface area contributed by atoms with Crippen molar-refractivity contribution in [1.29, 1.82) is 0 Å². The highest BCUT2D eigenvalue weighted by molar-refractivity contribution is 5.64. The van der Waals surface area contributed by atoms with Crippen molar-refractivity contribution in [3.05, 3.63) is 47.7 Å². The first-order valence-corrected chi connectivity index (χ1v) is 5.64. The summed E-state index contributed by atoms with van der Waals surface area (Å²) in [5.41, 5.74) is 3.16. The van der Waals surface area contributed by atoms with Crippen LogP contribution in [0.1, 0.15) is 11.1 Å². The molecule has 0 aliphatic heterocycles. The molecule has 2 rings (SSSR count). The van der Waals surface area contributed by atoms with Gasteiger partial charge in [-0.2, -0.15) is 0 Å². The molecule has 1 aromatic carbocycles. The molecule has 0 unspecified atom stereocenters. The number of nitrogens with zero attached hydrogens (tertiary/aromatic N) is 1. The van der Waals surface area contributed by atoms with Crippen molar-refractivity contribution in [3.8, 4) is 17.0 Å². The SMILES string of the molecule is Cc1cnc(-c2cccc(OC(F)(F)F)c2)c(C)c1. The maximum atomic E-state index is 12.2. The number of benzene rings is 1. The van der Waals surface area contributed by atoms with E-state index in [-0.39, 0.29) is 5.75 Å². The van der Waals surface area contributed by atoms with Crippen LogP contribution in [0.4, 0.5) is 13.2 Å². The monoisotopic (exact) mass is 267 g/mol. The van der Waals surface area contributed by atoms with Gasteiger partial charge in [0.1, 0.15) is 5.75 Å². The summed E-state index contributed by atoms with van der Waals surface area (Å²) in [4.78, 5) is 4.25. The van der Waals surface area contributed by atoms with Gasteiger partial charge in [0.2, 0.25) is 0 Å². The fourth-order valence-electron chi connectivity index (χ4n) is 1.86. The van der Waals surface area contributed by atoms with Gasteiger partial charge in [0.15, 0.2) is 0 Å². The van der Waals surface area contributed by atoms with E-state index in [0.717, 1.165) is 11.1 Å². The minimum Gasteiger partial charge on any atom is -0.406 e. The summed E-state index contributed by atoms with van der Waals surface area (Å²) in [5.74, 6) is -0.244. The number of pyridine rings is 1. The van der Waals surface area contributed by atoms with Gasteiger partial charge in [-0.05, 0) is 37.1 Å². The van der Waals surface area contributed by atoms with Crippen LogP contribution in [-0.2, 0) is 0 Å². The standard InChI is InChI=1S/C14H12F3NO/c1-9-6-10(2)13(18-8-9)11-4-3-5-12(7-11)19-14(15,16)17/h3-8H,1-2H3. The Hall–Kier alpha value is -2.04. The van der Waals surface area contributed by atoms with Gasteiger partial charge < -0.3 is 4.74 Å². The molecule has 0 spiro atoms. The molecule has 0 saturated heterocycles. The zero-order chi connectivity index (χ0) is 14.0. The lowest BCUT2D eigenvalue weighted by Crippen LogP contribution is -2.17. The minimum atomic E-state index is -4.69. The first-order chi connectivity index (χ1) is 8.85. The van der Waals surface area contributed by atoms with Crippen LogP contribution in [-0.4, -0.2) is 11.3 Å².